The van der Waals surface area contributed by atoms with E-state index >= 15 is 0 Å². The molecule has 2 aliphatic carbocycles. The lowest BCUT2D eigenvalue weighted by atomic mass is 9.70. The van der Waals surface area contributed by atoms with Gasteiger partial charge < -0.3 is 26.2 Å². The van der Waals surface area contributed by atoms with Crippen LogP contribution in [0.15, 0.2) is 29.4 Å². The number of ketones is 1. The summed E-state index contributed by atoms with van der Waals surface area (Å²) in [5.41, 5.74) is -1.39. The van der Waals surface area contributed by atoms with Gasteiger partial charge in [-0.25, -0.2) is 18.2 Å². The van der Waals surface area contributed by atoms with Crippen molar-refractivity contribution in [1.82, 2.24) is 35.5 Å². The molecule has 4 N–H and O–H groups in total. The summed E-state index contributed by atoms with van der Waals surface area (Å²) in [6, 6.07) is 0.499. The fourth-order valence-corrected chi connectivity index (χ4v) is 9.37. The number of rotatable bonds is 15. The van der Waals surface area contributed by atoms with Gasteiger partial charge in [0.1, 0.15) is 12.1 Å². The molecule has 1 aromatic heterocycles. The standard InChI is InChI=1S/C38H61N7O7S/c1-10-17-25(30(46)33(48)39-11-2)41-32(47)29-28-24(37(28,6)7)22-45(29)34(49)31(38(8)19-14-12-15-20-38)43-35(50)42-26(36(3,4)5)23-44(9)53(51,52)27-18-13-16-21-40-27/h13,16,18,21,24-26,28-29,31H,10-12,14-15,17,19-20,22-23H2,1-9H3,(H,39,48)(H,41,47)(H2,42,43,50)/t24-,25?,26+,28-,29-,31+/m0/s1. The third-order valence-corrected chi connectivity index (χ3v) is 13.6. The highest BCUT2D eigenvalue weighted by atomic mass is 32.2. The molecule has 0 aromatic carbocycles. The SMILES string of the molecule is CCCC(NC(=O)[C@@H]1[C@@H]2[C@H](CN1C(=O)[C@@H](NC(=O)N[C@H](CN(C)S(=O)(=O)c1ccccn1)C(C)(C)C)C1(C)CCCCC1)C2(C)C)C(=O)C(=O)NCC. The van der Waals surface area contributed by atoms with E-state index in [2.05, 4.69) is 40.1 Å². The third-order valence-electron chi connectivity index (χ3n) is 11.8. The van der Waals surface area contributed by atoms with E-state index in [1.165, 1.54) is 23.6 Å². The summed E-state index contributed by atoms with van der Waals surface area (Å²) in [5.74, 6) is -2.41. The van der Waals surface area contributed by atoms with Gasteiger partial charge in [0, 0.05) is 38.9 Å². The molecule has 15 heteroatoms. The zero-order valence-corrected chi connectivity index (χ0v) is 33.8. The van der Waals surface area contributed by atoms with E-state index < -0.39 is 68.6 Å². The second kappa shape index (κ2) is 16.4. The Labute approximate surface area is 315 Å². The van der Waals surface area contributed by atoms with Crippen LogP contribution in [0.5, 0.6) is 0 Å². The number of urea groups is 1. The van der Waals surface area contributed by atoms with Gasteiger partial charge in [0.05, 0.1) is 6.04 Å². The number of piperidine rings is 1. The molecular weight excluding hydrogens is 699 g/mol. The summed E-state index contributed by atoms with van der Waals surface area (Å²) >= 11 is 0. The molecule has 0 bridgehead atoms. The molecule has 5 amide bonds. The predicted molar refractivity (Wildman–Crippen MR) is 201 cm³/mol. The fraction of sp³-hybridized carbons (Fsp3) is 0.737. The molecule has 296 valence electrons. The number of nitrogens with one attached hydrogen (secondary N) is 4. The van der Waals surface area contributed by atoms with Crippen LogP contribution in [0.1, 0.15) is 100 Å². The molecule has 0 radical (unpaired) electrons. The minimum absolute atomic E-state index is 0.0492. The van der Waals surface area contributed by atoms with Gasteiger partial charge in [0.2, 0.25) is 17.6 Å². The number of fused-ring (bicyclic) bond motifs is 1. The molecule has 1 unspecified atom stereocenters. The van der Waals surface area contributed by atoms with Crippen molar-refractivity contribution in [2.75, 3.05) is 26.7 Å². The van der Waals surface area contributed by atoms with Gasteiger partial charge in [-0.05, 0) is 66.4 Å². The maximum absolute atomic E-state index is 14.8. The number of carbonyl (C=O) groups is 5. The van der Waals surface area contributed by atoms with Gasteiger partial charge in [-0.2, -0.15) is 4.31 Å². The summed E-state index contributed by atoms with van der Waals surface area (Å²) in [7, 11) is -2.50. The number of likely N-dealkylation sites (N-methyl/N-ethyl adjacent to an activating group) is 2. The molecule has 2 heterocycles. The average molecular weight is 760 g/mol. The van der Waals surface area contributed by atoms with Gasteiger partial charge in [-0.1, -0.05) is 80.2 Å². The summed E-state index contributed by atoms with van der Waals surface area (Å²) in [6.07, 6.45) is 6.40. The zero-order chi connectivity index (χ0) is 39.5. The molecule has 1 aromatic rings. The Morgan fingerprint density at radius 1 is 1.00 bits per heavy atom. The lowest BCUT2D eigenvalue weighted by Gasteiger charge is -2.43. The van der Waals surface area contributed by atoms with E-state index in [0.29, 0.717) is 25.8 Å². The highest BCUT2D eigenvalue weighted by Crippen LogP contribution is 2.65. The molecule has 3 fully saturated rings. The normalized spacial score (nSPS) is 23.6. The zero-order valence-electron chi connectivity index (χ0n) is 33.0. The van der Waals surface area contributed by atoms with Crippen LogP contribution in [0.25, 0.3) is 0 Å². The number of carbonyl (C=O) groups excluding carboxylic acids is 5. The summed E-state index contributed by atoms with van der Waals surface area (Å²) < 4.78 is 27.8. The van der Waals surface area contributed by atoms with Crippen molar-refractivity contribution < 1.29 is 32.4 Å². The number of amides is 5. The lowest BCUT2D eigenvalue weighted by molar-refractivity contribution is -0.146. The van der Waals surface area contributed by atoms with Crippen LogP contribution >= 0.6 is 0 Å². The predicted octanol–water partition coefficient (Wildman–Crippen LogP) is 3.23. The number of aromatic nitrogens is 1. The van der Waals surface area contributed by atoms with Crippen molar-refractivity contribution in [1.29, 1.82) is 0 Å². The van der Waals surface area contributed by atoms with Crippen molar-refractivity contribution in [2.24, 2.45) is 28.1 Å². The highest BCUT2D eigenvalue weighted by molar-refractivity contribution is 7.89. The molecule has 14 nitrogen and oxygen atoms in total. The Kier molecular flexibility index (Phi) is 13.1. The van der Waals surface area contributed by atoms with Gasteiger partial charge in [-0.15, -0.1) is 0 Å². The first-order chi connectivity index (χ1) is 24.7. The van der Waals surface area contributed by atoms with Crippen molar-refractivity contribution in [3.63, 3.8) is 0 Å². The van der Waals surface area contributed by atoms with Crippen molar-refractivity contribution in [3.05, 3.63) is 24.4 Å². The van der Waals surface area contributed by atoms with Crippen LogP contribution in [0, 0.1) is 28.1 Å². The van der Waals surface area contributed by atoms with Gasteiger partial charge in [0.15, 0.2) is 5.03 Å². The first-order valence-electron chi connectivity index (χ1n) is 19.1. The van der Waals surface area contributed by atoms with Crippen LogP contribution < -0.4 is 21.3 Å². The van der Waals surface area contributed by atoms with E-state index in [9.17, 15) is 32.4 Å². The molecule has 4 rings (SSSR count). The molecule has 3 aliphatic rings. The Morgan fingerprint density at radius 3 is 2.23 bits per heavy atom. The topological polar surface area (TPSA) is 187 Å². The Bertz CT molecular complexity index is 1620. The van der Waals surface area contributed by atoms with Crippen LogP contribution in [-0.2, 0) is 29.2 Å². The highest BCUT2D eigenvalue weighted by Gasteiger charge is 2.70. The second-order valence-corrected chi connectivity index (χ2v) is 19.1. The quantitative estimate of drug-likeness (QED) is 0.196. The lowest BCUT2D eigenvalue weighted by Crippen LogP contribution is -2.63. The third kappa shape index (κ3) is 9.21. The van der Waals surface area contributed by atoms with Gasteiger partial charge in [-0.3, -0.25) is 19.2 Å². The molecule has 0 spiro atoms. The average Bonchev–Trinajstić information content (AvgIpc) is 3.40. The molecule has 53 heavy (non-hydrogen) atoms. The van der Waals surface area contributed by atoms with Crippen molar-refractivity contribution in [2.45, 2.75) is 130 Å². The molecule has 1 saturated heterocycles. The smallest absolute Gasteiger partial charge is 0.315 e. The first kappa shape index (κ1) is 42.2. The van der Waals surface area contributed by atoms with Gasteiger partial charge >= 0.3 is 6.03 Å². The van der Waals surface area contributed by atoms with Crippen LogP contribution in [0.3, 0.4) is 0 Å². The molecular formula is C38H61N7O7S. The van der Waals surface area contributed by atoms with E-state index in [-0.39, 0.29) is 47.7 Å². The minimum Gasteiger partial charge on any atom is -0.350 e. The van der Waals surface area contributed by atoms with Crippen molar-refractivity contribution in [3.8, 4) is 0 Å². The maximum atomic E-state index is 14.8. The first-order valence-corrected chi connectivity index (χ1v) is 20.5. The number of hydrogen-bond acceptors (Lipinski definition) is 8. The van der Waals surface area contributed by atoms with E-state index in [0.717, 1.165) is 19.3 Å². The number of pyridine rings is 1. The van der Waals surface area contributed by atoms with E-state index in [1.54, 1.807) is 24.0 Å². The number of likely N-dealkylation sites (tertiary alicyclic amines) is 1. The van der Waals surface area contributed by atoms with Crippen LogP contribution in [0.4, 0.5) is 4.79 Å². The maximum Gasteiger partial charge on any atom is 0.315 e. The second-order valence-electron chi connectivity index (χ2n) is 17.1. The Balaban J connectivity index is 1.59. The summed E-state index contributed by atoms with van der Waals surface area (Å²) in [6.45, 7) is 16.0. The minimum atomic E-state index is -3.95. The largest absolute Gasteiger partial charge is 0.350 e. The summed E-state index contributed by atoms with van der Waals surface area (Å²) in [5, 5.41) is 11.2. The van der Waals surface area contributed by atoms with E-state index in [4.69, 9.17) is 0 Å². The van der Waals surface area contributed by atoms with Gasteiger partial charge in [0.25, 0.3) is 15.9 Å². The number of sulfonamides is 1. The molecule has 2 saturated carbocycles. The fourth-order valence-electron chi connectivity index (χ4n) is 8.26. The van der Waals surface area contributed by atoms with E-state index in [1.807, 2.05) is 34.6 Å². The molecule has 6 atom stereocenters. The van der Waals surface area contributed by atoms with Crippen LogP contribution in [-0.4, -0.2) is 103 Å². The van der Waals surface area contributed by atoms with Crippen molar-refractivity contribution >= 4 is 39.6 Å². The number of Topliss-reactive ketones (excluding diaryl/α,β-unsaturated/α-hetero) is 1. The number of nitrogens with zero attached hydrogens (tertiary/aromatic N) is 3. The van der Waals surface area contributed by atoms with Crippen LogP contribution in [0.2, 0.25) is 0 Å². The monoisotopic (exact) mass is 759 g/mol. The Morgan fingerprint density at radius 2 is 1.66 bits per heavy atom. The summed E-state index contributed by atoms with van der Waals surface area (Å²) in [4.78, 5) is 74.1. The Hall–Kier alpha value is -3.59. The molecule has 1 aliphatic heterocycles. The number of hydrogen-bond donors (Lipinski definition) is 4.